The van der Waals surface area contributed by atoms with Crippen molar-refractivity contribution in [1.29, 1.82) is 0 Å². The molecule has 1 aliphatic carbocycles. The minimum atomic E-state index is 0.251. The number of aromatic hydroxyl groups is 1. The number of aryl methyl sites for hydroxylation is 1. The number of hydrogen-bond acceptors (Lipinski definition) is 2. The number of ether oxygens (including phenoxy) is 1. The standard InChI is InChI=1S/C17H18O2/c18-15-8-4-9-16(11-15)19-12-14-7-3-6-13-5-1-2-10-17(13)14/h1-2,4-5,8-11,14,18H,3,6-7,12H2. The average molecular weight is 254 g/mol. The summed E-state index contributed by atoms with van der Waals surface area (Å²) in [5.74, 6) is 1.46. The normalized spacial score (nSPS) is 17.8. The molecule has 0 aromatic heterocycles. The molecule has 1 atom stereocenters. The molecule has 19 heavy (non-hydrogen) atoms. The Balaban J connectivity index is 1.71. The molecule has 3 rings (SSSR count). The number of phenols is 1. The molecule has 1 unspecified atom stereocenters. The molecule has 0 bridgehead atoms. The highest BCUT2D eigenvalue weighted by atomic mass is 16.5. The quantitative estimate of drug-likeness (QED) is 0.900. The lowest BCUT2D eigenvalue weighted by atomic mass is 9.83. The van der Waals surface area contributed by atoms with Crippen molar-refractivity contribution < 1.29 is 9.84 Å². The van der Waals surface area contributed by atoms with Crippen molar-refractivity contribution in [3.63, 3.8) is 0 Å². The van der Waals surface area contributed by atoms with E-state index in [0.717, 1.165) is 5.75 Å². The first-order chi connectivity index (χ1) is 9.33. The van der Waals surface area contributed by atoms with Crippen LogP contribution < -0.4 is 4.74 Å². The average Bonchev–Trinajstić information content (AvgIpc) is 2.45. The molecule has 0 aliphatic heterocycles. The Labute approximate surface area is 113 Å². The van der Waals surface area contributed by atoms with Gasteiger partial charge >= 0.3 is 0 Å². The van der Waals surface area contributed by atoms with Gasteiger partial charge in [-0.1, -0.05) is 30.3 Å². The van der Waals surface area contributed by atoms with Crippen LogP contribution in [0.15, 0.2) is 48.5 Å². The van der Waals surface area contributed by atoms with Crippen LogP contribution in [0.1, 0.15) is 29.9 Å². The molecule has 0 radical (unpaired) electrons. The maximum atomic E-state index is 9.43. The third-order valence-electron chi connectivity index (χ3n) is 3.76. The Morgan fingerprint density at radius 3 is 2.89 bits per heavy atom. The Morgan fingerprint density at radius 1 is 1.11 bits per heavy atom. The fourth-order valence-electron chi connectivity index (χ4n) is 2.80. The Kier molecular flexibility index (Phi) is 3.41. The van der Waals surface area contributed by atoms with Crippen molar-refractivity contribution in [3.05, 3.63) is 59.7 Å². The van der Waals surface area contributed by atoms with Gasteiger partial charge in [-0.15, -0.1) is 0 Å². The number of benzene rings is 2. The monoisotopic (exact) mass is 254 g/mol. The van der Waals surface area contributed by atoms with Crippen LogP contribution in [0.5, 0.6) is 11.5 Å². The lowest BCUT2D eigenvalue weighted by molar-refractivity contribution is 0.273. The summed E-state index contributed by atoms with van der Waals surface area (Å²) in [7, 11) is 0. The fraction of sp³-hybridized carbons (Fsp3) is 0.294. The van der Waals surface area contributed by atoms with E-state index in [0.29, 0.717) is 12.5 Å². The van der Waals surface area contributed by atoms with Gasteiger partial charge in [0.2, 0.25) is 0 Å². The maximum absolute atomic E-state index is 9.43. The molecule has 0 heterocycles. The van der Waals surface area contributed by atoms with Crippen molar-refractivity contribution >= 4 is 0 Å². The van der Waals surface area contributed by atoms with Crippen LogP contribution in [0.25, 0.3) is 0 Å². The van der Waals surface area contributed by atoms with Crippen LogP contribution in [0.3, 0.4) is 0 Å². The predicted octanol–water partition coefficient (Wildman–Crippen LogP) is 3.89. The van der Waals surface area contributed by atoms with Crippen molar-refractivity contribution in [2.75, 3.05) is 6.61 Å². The SMILES string of the molecule is Oc1cccc(OCC2CCCc3ccccc32)c1. The minimum Gasteiger partial charge on any atom is -0.508 e. The van der Waals surface area contributed by atoms with Gasteiger partial charge in [0, 0.05) is 12.0 Å². The maximum Gasteiger partial charge on any atom is 0.123 e. The highest BCUT2D eigenvalue weighted by Crippen LogP contribution is 2.32. The van der Waals surface area contributed by atoms with Gasteiger partial charge in [-0.25, -0.2) is 0 Å². The zero-order valence-electron chi connectivity index (χ0n) is 10.9. The van der Waals surface area contributed by atoms with Crippen LogP contribution in [0, 0.1) is 0 Å². The summed E-state index contributed by atoms with van der Waals surface area (Å²) in [5.41, 5.74) is 2.88. The van der Waals surface area contributed by atoms with E-state index in [1.807, 2.05) is 6.07 Å². The molecule has 2 aromatic rings. The Bertz CT molecular complexity index is 563. The molecule has 98 valence electrons. The molecule has 2 heteroatoms. The predicted molar refractivity (Wildman–Crippen MR) is 75.7 cm³/mol. The Hall–Kier alpha value is -1.96. The molecule has 0 fully saturated rings. The van der Waals surface area contributed by atoms with Gasteiger partial charge in [0.1, 0.15) is 11.5 Å². The van der Waals surface area contributed by atoms with Crippen LogP contribution in [0.4, 0.5) is 0 Å². The first-order valence-corrected chi connectivity index (χ1v) is 6.82. The summed E-state index contributed by atoms with van der Waals surface area (Å²) in [5, 5.41) is 9.43. The van der Waals surface area contributed by atoms with E-state index in [2.05, 4.69) is 24.3 Å². The first kappa shape index (κ1) is 12.1. The fourth-order valence-corrected chi connectivity index (χ4v) is 2.80. The summed E-state index contributed by atoms with van der Waals surface area (Å²) in [6, 6.07) is 15.6. The molecule has 2 aromatic carbocycles. The van der Waals surface area contributed by atoms with Crippen molar-refractivity contribution in [2.45, 2.75) is 25.2 Å². The smallest absolute Gasteiger partial charge is 0.123 e. The van der Waals surface area contributed by atoms with Crippen LogP contribution >= 0.6 is 0 Å². The Morgan fingerprint density at radius 2 is 2.00 bits per heavy atom. The summed E-state index contributed by atoms with van der Waals surface area (Å²) in [4.78, 5) is 0. The number of fused-ring (bicyclic) bond motifs is 1. The van der Waals surface area contributed by atoms with Gasteiger partial charge in [0.15, 0.2) is 0 Å². The third-order valence-corrected chi connectivity index (χ3v) is 3.76. The second-order valence-corrected chi connectivity index (χ2v) is 5.10. The van der Waals surface area contributed by atoms with E-state index in [4.69, 9.17) is 4.74 Å². The molecule has 2 nitrogen and oxygen atoms in total. The summed E-state index contributed by atoms with van der Waals surface area (Å²) >= 11 is 0. The van der Waals surface area contributed by atoms with E-state index in [1.54, 1.807) is 18.2 Å². The molecule has 0 spiro atoms. The molecular formula is C17H18O2. The number of phenolic OH excluding ortho intramolecular Hbond substituents is 1. The summed E-state index contributed by atoms with van der Waals surface area (Å²) in [6.07, 6.45) is 3.58. The number of hydrogen-bond donors (Lipinski definition) is 1. The lowest BCUT2D eigenvalue weighted by Gasteiger charge is -2.25. The van der Waals surface area contributed by atoms with Gasteiger partial charge in [0.05, 0.1) is 6.61 Å². The van der Waals surface area contributed by atoms with E-state index < -0.39 is 0 Å². The highest BCUT2D eigenvalue weighted by molar-refractivity contribution is 5.34. The van der Waals surface area contributed by atoms with Crippen molar-refractivity contribution in [3.8, 4) is 11.5 Å². The molecule has 1 N–H and O–H groups in total. The summed E-state index contributed by atoms with van der Waals surface area (Å²) in [6.45, 7) is 0.681. The van der Waals surface area contributed by atoms with Gasteiger partial charge in [-0.05, 0) is 42.5 Å². The zero-order valence-corrected chi connectivity index (χ0v) is 10.9. The van der Waals surface area contributed by atoms with E-state index in [-0.39, 0.29) is 5.75 Å². The molecule has 1 aliphatic rings. The van der Waals surface area contributed by atoms with Crippen molar-refractivity contribution in [2.24, 2.45) is 0 Å². The van der Waals surface area contributed by atoms with E-state index >= 15 is 0 Å². The largest absolute Gasteiger partial charge is 0.508 e. The molecular weight excluding hydrogens is 236 g/mol. The minimum absolute atomic E-state index is 0.251. The second-order valence-electron chi connectivity index (χ2n) is 5.10. The van der Waals surface area contributed by atoms with Gasteiger partial charge in [-0.3, -0.25) is 0 Å². The van der Waals surface area contributed by atoms with E-state index in [1.165, 1.54) is 30.4 Å². The first-order valence-electron chi connectivity index (χ1n) is 6.82. The van der Waals surface area contributed by atoms with E-state index in [9.17, 15) is 5.11 Å². The van der Waals surface area contributed by atoms with Crippen molar-refractivity contribution in [1.82, 2.24) is 0 Å². The third kappa shape index (κ3) is 2.73. The van der Waals surface area contributed by atoms with Crippen LogP contribution in [-0.4, -0.2) is 11.7 Å². The highest BCUT2D eigenvalue weighted by Gasteiger charge is 2.20. The molecule has 0 saturated carbocycles. The molecule has 0 amide bonds. The second kappa shape index (κ2) is 5.35. The van der Waals surface area contributed by atoms with Crippen LogP contribution in [-0.2, 0) is 6.42 Å². The van der Waals surface area contributed by atoms with Gasteiger partial charge < -0.3 is 9.84 Å². The van der Waals surface area contributed by atoms with Gasteiger partial charge in [-0.2, -0.15) is 0 Å². The zero-order chi connectivity index (χ0) is 13.1. The number of rotatable bonds is 3. The summed E-state index contributed by atoms with van der Waals surface area (Å²) < 4.78 is 5.82. The molecule has 0 saturated heterocycles. The van der Waals surface area contributed by atoms with Gasteiger partial charge in [0.25, 0.3) is 0 Å². The topological polar surface area (TPSA) is 29.5 Å². The lowest BCUT2D eigenvalue weighted by Crippen LogP contribution is -2.16. The van der Waals surface area contributed by atoms with Crippen LogP contribution in [0.2, 0.25) is 0 Å².